The standard InChI is InChI=1S/C22H22N2O3S/c1-4-11-24-16-10-9-15(14(2)3)12-20(16)28-22(24)23-21(25)19-13-26-17-7-5-6-8-18(17)27-19/h4-10,12,14,19H,1,11,13H2,2-3H3. The van der Waals surface area contributed by atoms with Crippen LogP contribution in [0.4, 0.5) is 0 Å². The monoisotopic (exact) mass is 394 g/mol. The van der Waals surface area contributed by atoms with E-state index in [1.165, 1.54) is 16.9 Å². The van der Waals surface area contributed by atoms with Crippen LogP contribution in [0.5, 0.6) is 11.5 Å². The molecule has 5 nitrogen and oxygen atoms in total. The Morgan fingerprint density at radius 1 is 1.32 bits per heavy atom. The minimum Gasteiger partial charge on any atom is -0.485 e. The molecule has 0 bridgehead atoms. The Hall–Kier alpha value is -2.86. The molecule has 0 aliphatic carbocycles. The summed E-state index contributed by atoms with van der Waals surface area (Å²) >= 11 is 1.50. The van der Waals surface area contributed by atoms with Crippen LogP contribution in [0.2, 0.25) is 0 Å². The van der Waals surface area contributed by atoms with E-state index in [4.69, 9.17) is 9.47 Å². The third-order valence-electron chi connectivity index (χ3n) is 4.68. The lowest BCUT2D eigenvalue weighted by atomic mass is 10.0. The van der Waals surface area contributed by atoms with Crippen LogP contribution in [0.15, 0.2) is 60.1 Å². The lowest BCUT2D eigenvalue weighted by Crippen LogP contribution is -2.36. The van der Waals surface area contributed by atoms with Gasteiger partial charge < -0.3 is 14.0 Å². The lowest BCUT2D eigenvalue weighted by molar-refractivity contribution is -0.127. The number of para-hydroxylation sites is 2. The minimum atomic E-state index is -0.747. The van der Waals surface area contributed by atoms with Gasteiger partial charge in [-0.2, -0.15) is 4.99 Å². The Bertz CT molecular complexity index is 1110. The molecule has 0 N–H and O–H groups in total. The topological polar surface area (TPSA) is 52.8 Å². The zero-order valence-electron chi connectivity index (χ0n) is 15.9. The van der Waals surface area contributed by atoms with Gasteiger partial charge in [-0.1, -0.05) is 49.5 Å². The van der Waals surface area contributed by atoms with Gasteiger partial charge in [0, 0.05) is 6.54 Å². The number of nitrogens with zero attached hydrogens (tertiary/aromatic N) is 2. The number of rotatable bonds is 4. The fourth-order valence-electron chi connectivity index (χ4n) is 3.15. The Morgan fingerprint density at radius 3 is 2.86 bits per heavy atom. The summed E-state index contributed by atoms with van der Waals surface area (Å²) in [5, 5.41) is 0. The molecular formula is C22H22N2O3S. The smallest absolute Gasteiger partial charge is 0.292 e. The second-order valence-electron chi connectivity index (χ2n) is 6.98. The number of carbonyl (C=O) groups excluding carboxylic acids is 1. The fourth-order valence-corrected chi connectivity index (χ4v) is 4.24. The molecule has 6 heteroatoms. The molecule has 1 atom stereocenters. The van der Waals surface area contributed by atoms with Crippen molar-refractivity contribution in [2.24, 2.45) is 4.99 Å². The fraction of sp³-hybridized carbons (Fsp3) is 0.273. The molecule has 1 amide bonds. The van der Waals surface area contributed by atoms with E-state index in [1.54, 1.807) is 6.07 Å². The molecule has 0 radical (unpaired) electrons. The van der Waals surface area contributed by atoms with Crippen LogP contribution in [0, 0.1) is 0 Å². The maximum Gasteiger partial charge on any atom is 0.292 e. The Labute approximate surface area is 167 Å². The quantitative estimate of drug-likeness (QED) is 0.621. The molecular weight excluding hydrogens is 372 g/mol. The van der Waals surface area contributed by atoms with Crippen molar-refractivity contribution >= 4 is 27.5 Å². The number of hydrogen-bond acceptors (Lipinski definition) is 4. The molecule has 4 rings (SSSR count). The van der Waals surface area contributed by atoms with Gasteiger partial charge in [0.15, 0.2) is 16.3 Å². The highest BCUT2D eigenvalue weighted by Crippen LogP contribution is 2.31. The first-order valence-electron chi connectivity index (χ1n) is 9.28. The molecule has 1 aliphatic heterocycles. The average Bonchev–Trinajstić information content (AvgIpc) is 3.04. The second-order valence-corrected chi connectivity index (χ2v) is 7.99. The van der Waals surface area contributed by atoms with Crippen LogP contribution in [0.25, 0.3) is 10.2 Å². The van der Waals surface area contributed by atoms with Gasteiger partial charge in [-0.05, 0) is 35.7 Å². The normalized spacial score (nSPS) is 16.5. The summed E-state index contributed by atoms with van der Waals surface area (Å²) in [5.74, 6) is 1.31. The third kappa shape index (κ3) is 3.47. The number of ether oxygens (including phenoxy) is 2. The van der Waals surface area contributed by atoms with Gasteiger partial charge in [0.25, 0.3) is 5.91 Å². The van der Waals surface area contributed by atoms with Gasteiger partial charge in [-0.15, -0.1) is 6.58 Å². The SMILES string of the molecule is C=CCn1c(=NC(=O)C2COc3ccccc3O2)sc2cc(C(C)C)ccc21. The summed E-state index contributed by atoms with van der Waals surface area (Å²) in [6.45, 7) is 8.91. The maximum atomic E-state index is 12.8. The number of carbonyl (C=O) groups is 1. The van der Waals surface area contributed by atoms with Crippen molar-refractivity contribution < 1.29 is 14.3 Å². The van der Waals surface area contributed by atoms with Gasteiger partial charge in [0.2, 0.25) is 6.10 Å². The number of amides is 1. The van der Waals surface area contributed by atoms with Gasteiger partial charge in [-0.3, -0.25) is 4.79 Å². The third-order valence-corrected chi connectivity index (χ3v) is 5.72. The lowest BCUT2D eigenvalue weighted by Gasteiger charge is -2.23. The van der Waals surface area contributed by atoms with E-state index in [0.29, 0.717) is 28.8 Å². The number of benzene rings is 2. The average molecular weight is 394 g/mol. The van der Waals surface area contributed by atoms with E-state index in [1.807, 2.05) is 28.8 Å². The first-order chi connectivity index (χ1) is 13.6. The molecule has 0 saturated heterocycles. The summed E-state index contributed by atoms with van der Waals surface area (Å²) in [5.41, 5.74) is 2.31. The van der Waals surface area contributed by atoms with E-state index < -0.39 is 6.10 Å². The maximum absolute atomic E-state index is 12.8. The molecule has 144 valence electrons. The summed E-state index contributed by atoms with van der Waals surface area (Å²) in [6.07, 6.45) is 1.06. The van der Waals surface area contributed by atoms with Crippen molar-refractivity contribution in [3.63, 3.8) is 0 Å². The van der Waals surface area contributed by atoms with Crippen molar-refractivity contribution in [2.75, 3.05) is 6.61 Å². The minimum absolute atomic E-state index is 0.156. The zero-order chi connectivity index (χ0) is 19.7. The number of allylic oxidation sites excluding steroid dienone is 1. The summed E-state index contributed by atoms with van der Waals surface area (Å²) < 4.78 is 14.6. The van der Waals surface area contributed by atoms with Crippen LogP contribution < -0.4 is 14.3 Å². The van der Waals surface area contributed by atoms with Gasteiger partial charge in [0.05, 0.1) is 10.2 Å². The van der Waals surface area contributed by atoms with Crippen molar-refractivity contribution in [1.29, 1.82) is 0 Å². The number of thiazole rings is 1. The molecule has 0 saturated carbocycles. The zero-order valence-corrected chi connectivity index (χ0v) is 16.7. The first-order valence-corrected chi connectivity index (χ1v) is 10.1. The van der Waals surface area contributed by atoms with Crippen molar-refractivity contribution in [2.45, 2.75) is 32.4 Å². The molecule has 0 spiro atoms. The highest BCUT2D eigenvalue weighted by Gasteiger charge is 2.27. The molecule has 2 aromatic carbocycles. The van der Waals surface area contributed by atoms with Crippen LogP contribution >= 0.6 is 11.3 Å². The van der Waals surface area contributed by atoms with E-state index in [-0.39, 0.29) is 12.5 Å². The van der Waals surface area contributed by atoms with Crippen LogP contribution in [-0.4, -0.2) is 23.2 Å². The van der Waals surface area contributed by atoms with Gasteiger partial charge in [-0.25, -0.2) is 0 Å². The Kier molecular flexibility index (Phi) is 5.05. The summed E-state index contributed by atoms with van der Waals surface area (Å²) in [6, 6.07) is 13.7. The van der Waals surface area contributed by atoms with Crippen LogP contribution in [0.1, 0.15) is 25.3 Å². The van der Waals surface area contributed by atoms with E-state index in [9.17, 15) is 4.79 Å². The molecule has 3 aromatic rings. The molecule has 1 aliphatic rings. The van der Waals surface area contributed by atoms with E-state index >= 15 is 0 Å². The van der Waals surface area contributed by atoms with E-state index in [0.717, 1.165) is 10.2 Å². The second kappa shape index (κ2) is 7.64. The van der Waals surface area contributed by atoms with Crippen molar-refractivity contribution in [3.05, 3.63) is 65.5 Å². The van der Waals surface area contributed by atoms with Crippen molar-refractivity contribution in [1.82, 2.24) is 4.57 Å². The predicted octanol–water partition coefficient (Wildman–Crippen LogP) is 4.28. The number of fused-ring (bicyclic) bond motifs is 2. The largest absolute Gasteiger partial charge is 0.485 e. The summed E-state index contributed by atoms with van der Waals surface area (Å²) in [4.78, 5) is 17.8. The molecule has 28 heavy (non-hydrogen) atoms. The molecule has 1 unspecified atom stereocenters. The molecule has 1 aromatic heterocycles. The number of aromatic nitrogens is 1. The number of hydrogen-bond donors (Lipinski definition) is 0. The molecule has 0 fully saturated rings. The highest BCUT2D eigenvalue weighted by molar-refractivity contribution is 7.16. The first kappa shape index (κ1) is 18.5. The van der Waals surface area contributed by atoms with Gasteiger partial charge in [0.1, 0.15) is 6.61 Å². The van der Waals surface area contributed by atoms with Crippen molar-refractivity contribution in [3.8, 4) is 11.5 Å². The molecule has 2 heterocycles. The van der Waals surface area contributed by atoms with Crippen LogP contribution in [-0.2, 0) is 11.3 Å². The van der Waals surface area contributed by atoms with Crippen LogP contribution in [0.3, 0.4) is 0 Å². The highest BCUT2D eigenvalue weighted by atomic mass is 32.1. The predicted molar refractivity (Wildman–Crippen MR) is 111 cm³/mol. The van der Waals surface area contributed by atoms with Gasteiger partial charge >= 0.3 is 0 Å². The Balaban J connectivity index is 1.71. The Morgan fingerprint density at radius 2 is 2.11 bits per heavy atom. The summed E-state index contributed by atoms with van der Waals surface area (Å²) in [7, 11) is 0. The van der Waals surface area contributed by atoms with E-state index in [2.05, 4.69) is 43.6 Å².